The van der Waals surface area contributed by atoms with E-state index in [-0.39, 0.29) is 11.3 Å². The van der Waals surface area contributed by atoms with Gasteiger partial charge >= 0.3 is 5.97 Å². The Hall–Kier alpha value is -2.10. The fraction of sp³-hybridized carbons (Fsp3) is 0.333. The molecule has 0 atom stereocenters. The van der Waals surface area contributed by atoms with Gasteiger partial charge in [-0.25, -0.2) is 4.79 Å². The summed E-state index contributed by atoms with van der Waals surface area (Å²) in [5.41, 5.74) is 1.44. The van der Waals surface area contributed by atoms with Crippen LogP contribution in [0.4, 0.5) is 5.69 Å². The number of aryl methyl sites for hydroxylation is 1. The first kappa shape index (κ1) is 15.0. The van der Waals surface area contributed by atoms with Gasteiger partial charge < -0.3 is 10.4 Å². The van der Waals surface area contributed by atoms with Crippen molar-refractivity contribution >= 4 is 17.4 Å². The van der Waals surface area contributed by atoms with Gasteiger partial charge in [0.25, 0.3) is 0 Å². The maximum absolute atomic E-state index is 11.7. The molecule has 0 saturated carbocycles. The topological polar surface area (TPSA) is 66.4 Å². The molecule has 102 valence electrons. The summed E-state index contributed by atoms with van der Waals surface area (Å²) < 4.78 is 0. The normalized spacial score (nSPS) is 11.6. The molecule has 1 rings (SSSR count). The molecule has 0 aliphatic rings. The largest absolute Gasteiger partial charge is 0.478 e. The number of carbonyl (C=O) groups excluding carboxylic acids is 1. The minimum atomic E-state index is -0.951. The molecule has 2 N–H and O–H groups in total. The molecule has 0 heterocycles. The summed E-state index contributed by atoms with van der Waals surface area (Å²) in [6.45, 7) is 7.37. The second kappa shape index (κ2) is 5.69. The fourth-order valence-electron chi connectivity index (χ4n) is 1.42. The number of carboxylic acid groups (broad SMARTS) is 1. The highest BCUT2D eigenvalue weighted by atomic mass is 16.4. The molecule has 0 aliphatic carbocycles. The second-order valence-corrected chi connectivity index (χ2v) is 5.43. The van der Waals surface area contributed by atoms with Gasteiger partial charge in [0.15, 0.2) is 5.78 Å². The third-order valence-corrected chi connectivity index (χ3v) is 2.69. The van der Waals surface area contributed by atoms with Crippen molar-refractivity contribution in [3.63, 3.8) is 0 Å². The zero-order chi connectivity index (χ0) is 14.6. The highest BCUT2D eigenvalue weighted by Gasteiger charge is 2.17. The lowest BCUT2D eigenvalue weighted by Gasteiger charge is -2.13. The van der Waals surface area contributed by atoms with Crippen LogP contribution in [0.15, 0.2) is 30.5 Å². The molecule has 0 aliphatic heterocycles. The lowest BCUT2D eigenvalue weighted by atomic mass is 9.91. The van der Waals surface area contributed by atoms with E-state index in [1.54, 1.807) is 18.3 Å². The van der Waals surface area contributed by atoms with Crippen LogP contribution in [0.2, 0.25) is 0 Å². The van der Waals surface area contributed by atoms with Gasteiger partial charge in [-0.2, -0.15) is 0 Å². The third-order valence-electron chi connectivity index (χ3n) is 2.69. The van der Waals surface area contributed by atoms with E-state index < -0.39 is 11.4 Å². The first-order valence-corrected chi connectivity index (χ1v) is 6.03. The van der Waals surface area contributed by atoms with Crippen molar-refractivity contribution in [2.45, 2.75) is 27.7 Å². The van der Waals surface area contributed by atoms with Crippen molar-refractivity contribution in [3.8, 4) is 0 Å². The molecule has 0 bridgehead atoms. The van der Waals surface area contributed by atoms with E-state index in [1.165, 1.54) is 12.1 Å². The molecular formula is C15H19NO3. The van der Waals surface area contributed by atoms with E-state index in [9.17, 15) is 9.59 Å². The van der Waals surface area contributed by atoms with Gasteiger partial charge in [-0.05, 0) is 36.8 Å². The average molecular weight is 261 g/mol. The van der Waals surface area contributed by atoms with Gasteiger partial charge in [-0.3, -0.25) is 4.79 Å². The minimum absolute atomic E-state index is 0.0276. The van der Waals surface area contributed by atoms with Crippen molar-refractivity contribution < 1.29 is 14.7 Å². The van der Waals surface area contributed by atoms with Crippen LogP contribution < -0.4 is 5.32 Å². The highest BCUT2D eigenvalue weighted by Crippen LogP contribution is 2.18. The predicted molar refractivity (Wildman–Crippen MR) is 75.4 cm³/mol. The Morgan fingerprint density at radius 1 is 1.26 bits per heavy atom. The standard InChI is InChI=1S/C15H19NO3/c1-10-9-11(14(18)19)5-6-12(10)16-8-7-13(17)15(2,3)4/h5-9,16H,1-4H3,(H,18,19). The summed E-state index contributed by atoms with van der Waals surface area (Å²) in [5.74, 6) is -0.923. The van der Waals surface area contributed by atoms with Crippen molar-refractivity contribution in [2.24, 2.45) is 5.41 Å². The van der Waals surface area contributed by atoms with Crippen LogP contribution >= 0.6 is 0 Å². The molecule has 1 aromatic carbocycles. The number of allylic oxidation sites excluding steroid dienone is 1. The Morgan fingerprint density at radius 3 is 2.37 bits per heavy atom. The third kappa shape index (κ3) is 4.25. The molecule has 0 radical (unpaired) electrons. The zero-order valence-electron chi connectivity index (χ0n) is 11.7. The van der Waals surface area contributed by atoms with Gasteiger partial charge in [-0.1, -0.05) is 20.8 Å². The number of aromatic carboxylic acids is 1. The quantitative estimate of drug-likeness (QED) is 0.816. The zero-order valence-corrected chi connectivity index (χ0v) is 11.7. The average Bonchev–Trinajstić information content (AvgIpc) is 2.29. The van der Waals surface area contributed by atoms with Gasteiger partial charge in [0.2, 0.25) is 0 Å². The minimum Gasteiger partial charge on any atom is -0.478 e. The number of anilines is 1. The highest BCUT2D eigenvalue weighted by molar-refractivity contribution is 5.94. The van der Waals surface area contributed by atoms with E-state index in [1.807, 2.05) is 27.7 Å². The van der Waals surface area contributed by atoms with Crippen LogP contribution in [0.5, 0.6) is 0 Å². The Morgan fingerprint density at radius 2 is 1.89 bits per heavy atom. The molecule has 1 aromatic rings. The van der Waals surface area contributed by atoms with Crippen LogP contribution in [0, 0.1) is 12.3 Å². The Balaban J connectivity index is 2.77. The summed E-state index contributed by atoms with van der Waals surface area (Å²) in [5, 5.41) is 11.8. The van der Waals surface area contributed by atoms with Gasteiger partial charge in [0.05, 0.1) is 5.56 Å². The van der Waals surface area contributed by atoms with E-state index in [4.69, 9.17) is 5.11 Å². The number of hydrogen-bond acceptors (Lipinski definition) is 3. The molecule has 4 heteroatoms. The van der Waals surface area contributed by atoms with Crippen molar-refractivity contribution in [3.05, 3.63) is 41.6 Å². The summed E-state index contributed by atoms with van der Waals surface area (Å²) in [6, 6.07) is 4.80. The molecule has 4 nitrogen and oxygen atoms in total. The number of ketones is 1. The van der Waals surface area contributed by atoms with Crippen molar-refractivity contribution in [1.82, 2.24) is 0 Å². The number of carbonyl (C=O) groups is 2. The fourth-order valence-corrected chi connectivity index (χ4v) is 1.42. The van der Waals surface area contributed by atoms with Gasteiger partial charge in [-0.15, -0.1) is 0 Å². The van der Waals surface area contributed by atoms with Crippen LogP contribution in [0.1, 0.15) is 36.7 Å². The Bertz CT molecular complexity index is 525. The second-order valence-electron chi connectivity index (χ2n) is 5.43. The molecule has 19 heavy (non-hydrogen) atoms. The SMILES string of the molecule is Cc1cc(C(=O)O)ccc1NC=CC(=O)C(C)(C)C. The number of benzene rings is 1. The first-order chi connectivity index (χ1) is 8.71. The molecule has 0 unspecified atom stereocenters. The van der Waals surface area contributed by atoms with E-state index >= 15 is 0 Å². The Labute approximate surface area is 113 Å². The number of hydrogen-bond donors (Lipinski definition) is 2. The van der Waals surface area contributed by atoms with E-state index in [2.05, 4.69) is 5.32 Å². The van der Waals surface area contributed by atoms with Crippen LogP contribution in [-0.4, -0.2) is 16.9 Å². The van der Waals surface area contributed by atoms with Crippen LogP contribution in [-0.2, 0) is 4.79 Å². The van der Waals surface area contributed by atoms with Crippen molar-refractivity contribution in [2.75, 3.05) is 5.32 Å². The number of carboxylic acids is 1. The van der Waals surface area contributed by atoms with Crippen LogP contribution in [0.25, 0.3) is 0 Å². The summed E-state index contributed by atoms with van der Waals surface area (Å²) in [6.07, 6.45) is 3.07. The maximum atomic E-state index is 11.7. The Kier molecular flexibility index (Phi) is 4.48. The van der Waals surface area contributed by atoms with E-state index in [0.29, 0.717) is 0 Å². The summed E-state index contributed by atoms with van der Waals surface area (Å²) in [7, 11) is 0. The number of rotatable bonds is 4. The number of nitrogens with one attached hydrogen (secondary N) is 1. The molecule has 0 saturated heterocycles. The summed E-state index contributed by atoms with van der Waals surface area (Å²) in [4.78, 5) is 22.5. The monoisotopic (exact) mass is 261 g/mol. The summed E-state index contributed by atoms with van der Waals surface area (Å²) >= 11 is 0. The maximum Gasteiger partial charge on any atom is 0.335 e. The molecule has 0 amide bonds. The molecule has 0 fully saturated rings. The molecule has 0 aromatic heterocycles. The van der Waals surface area contributed by atoms with Crippen LogP contribution in [0.3, 0.4) is 0 Å². The van der Waals surface area contributed by atoms with Gasteiger partial charge in [0, 0.05) is 17.3 Å². The van der Waals surface area contributed by atoms with Gasteiger partial charge in [0.1, 0.15) is 0 Å². The lowest BCUT2D eigenvalue weighted by Crippen LogP contribution is -2.17. The predicted octanol–water partition coefficient (Wildman–Crippen LogP) is 3.23. The van der Waals surface area contributed by atoms with Crippen molar-refractivity contribution in [1.29, 1.82) is 0 Å². The lowest BCUT2D eigenvalue weighted by molar-refractivity contribution is -0.121. The van der Waals surface area contributed by atoms with E-state index in [0.717, 1.165) is 11.3 Å². The molecular weight excluding hydrogens is 242 g/mol. The first-order valence-electron chi connectivity index (χ1n) is 6.03. The smallest absolute Gasteiger partial charge is 0.335 e. The molecule has 0 spiro atoms.